The quantitative estimate of drug-likeness (QED) is 0.567. The van der Waals surface area contributed by atoms with Crippen LogP contribution < -0.4 is 0 Å². The molecule has 0 amide bonds. The van der Waals surface area contributed by atoms with Crippen LogP contribution in [0.1, 0.15) is 16.8 Å². The molecule has 1 aromatic carbocycles. The predicted octanol–water partition coefficient (Wildman–Crippen LogP) is 4.16. The lowest BCUT2D eigenvalue weighted by molar-refractivity contribution is 0.945. The van der Waals surface area contributed by atoms with Crippen molar-refractivity contribution in [3.8, 4) is 17.3 Å². The smallest absolute Gasteiger partial charge is 0.143 e. The number of aromatic nitrogens is 3. The second-order valence-electron chi connectivity index (χ2n) is 5.69. The van der Waals surface area contributed by atoms with Crippen LogP contribution in [-0.4, -0.2) is 14.5 Å². The molecule has 0 radical (unpaired) electrons. The van der Waals surface area contributed by atoms with E-state index in [1.165, 1.54) is 5.56 Å². The Hall–Kier alpha value is -2.97. The minimum absolute atomic E-state index is 0.457. The number of nitrogens with zero attached hydrogens (tertiary/aromatic N) is 4. The summed E-state index contributed by atoms with van der Waals surface area (Å²) in [5.41, 5.74) is 7.61. The Balaban J connectivity index is 1.70. The van der Waals surface area contributed by atoms with Crippen molar-refractivity contribution >= 4 is 22.4 Å². The van der Waals surface area contributed by atoms with E-state index in [1.54, 1.807) is 11.3 Å². The van der Waals surface area contributed by atoms with Crippen LogP contribution in [0.3, 0.4) is 0 Å². The minimum Gasteiger partial charge on any atom is -0.336 e. The van der Waals surface area contributed by atoms with Crippen molar-refractivity contribution in [2.75, 3.05) is 0 Å². The molecule has 0 aliphatic carbocycles. The van der Waals surface area contributed by atoms with E-state index in [-0.39, 0.29) is 0 Å². The number of fused-ring (bicyclic) bond motifs is 1. The van der Waals surface area contributed by atoms with Crippen molar-refractivity contribution in [1.82, 2.24) is 14.5 Å². The van der Waals surface area contributed by atoms with Crippen LogP contribution in [0, 0.1) is 11.3 Å². The average Bonchev–Trinajstić information content (AvgIpc) is 3.26. The monoisotopic (exact) mass is 330 g/mol. The van der Waals surface area contributed by atoms with Crippen LogP contribution in [0.4, 0.5) is 0 Å². The van der Waals surface area contributed by atoms with Gasteiger partial charge >= 0.3 is 0 Å². The number of pyridine rings is 1. The Labute approximate surface area is 143 Å². The lowest BCUT2D eigenvalue weighted by atomic mass is 10.0. The normalized spacial score (nSPS) is 10.8. The van der Waals surface area contributed by atoms with E-state index >= 15 is 0 Å². The Morgan fingerprint density at radius 3 is 2.75 bits per heavy atom. The van der Waals surface area contributed by atoms with Gasteiger partial charge in [-0.25, -0.2) is 9.97 Å². The number of rotatable bonds is 3. The van der Waals surface area contributed by atoms with E-state index in [1.807, 2.05) is 34.8 Å². The molecule has 116 valence electrons. The van der Waals surface area contributed by atoms with Gasteiger partial charge in [0, 0.05) is 29.6 Å². The van der Waals surface area contributed by atoms with Crippen LogP contribution in [0.5, 0.6) is 0 Å². The van der Waals surface area contributed by atoms with Gasteiger partial charge in [0.15, 0.2) is 0 Å². The van der Waals surface area contributed by atoms with E-state index in [4.69, 9.17) is 0 Å². The fraction of sp³-hybridized carbons (Fsp3) is 0.105. The molecule has 0 saturated carbocycles. The highest BCUT2D eigenvalue weighted by atomic mass is 32.1. The maximum Gasteiger partial charge on any atom is 0.143 e. The first-order valence-electron chi connectivity index (χ1n) is 7.57. The van der Waals surface area contributed by atoms with E-state index in [0.717, 1.165) is 34.3 Å². The van der Waals surface area contributed by atoms with Crippen molar-refractivity contribution in [2.24, 2.45) is 7.05 Å². The summed E-state index contributed by atoms with van der Waals surface area (Å²) in [6.45, 7) is 0. The zero-order valence-corrected chi connectivity index (χ0v) is 13.9. The van der Waals surface area contributed by atoms with Gasteiger partial charge in [-0.1, -0.05) is 24.3 Å². The molecule has 4 aromatic rings. The van der Waals surface area contributed by atoms with Gasteiger partial charge in [0.2, 0.25) is 0 Å². The molecule has 0 N–H and O–H groups in total. The molecule has 5 heteroatoms. The van der Waals surface area contributed by atoms with E-state index < -0.39 is 0 Å². The second kappa shape index (κ2) is 5.91. The first kappa shape index (κ1) is 14.6. The SMILES string of the molecule is Cn1ccc2c(Cc3ccc(-c4cscn4)cc3)cc(C#N)nc21. The number of benzene rings is 1. The fourth-order valence-corrected chi connectivity index (χ4v) is 3.43. The van der Waals surface area contributed by atoms with E-state index in [2.05, 4.69) is 46.4 Å². The first-order valence-corrected chi connectivity index (χ1v) is 8.51. The van der Waals surface area contributed by atoms with E-state index in [0.29, 0.717) is 5.69 Å². The molecular weight excluding hydrogens is 316 g/mol. The summed E-state index contributed by atoms with van der Waals surface area (Å²) < 4.78 is 1.95. The zero-order chi connectivity index (χ0) is 16.5. The molecule has 0 spiro atoms. The van der Waals surface area contributed by atoms with Crippen molar-refractivity contribution in [3.63, 3.8) is 0 Å². The molecule has 0 fully saturated rings. The summed E-state index contributed by atoms with van der Waals surface area (Å²) in [4.78, 5) is 8.74. The lowest BCUT2D eigenvalue weighted by Crippen LogP contribution is -1.96. The molecular formula is C19H14N4S. The van der Waals surface area contributed by atoms with Gasteiger partial charge in [-0.2, -0.15) is 5.26 Å². The number of aryl methyl sites for hydroxylation is 1. The Morgan fingerprint density at radius 1 is 1.21 bits per heavy atom. The number of hydrogen-bond donors (Lipinski definition) is 0. The van der Waals surface area contributed by atoms with Crippen LogP contribution in [0.25, 0.3) is 22.3 Å². The topological polar surface area (TPSA) is 54.5 Å². The molecule has 0 unspecified atom stereocenters. The molecule has 0 bridgehead atoms. The Kier molecular flexibility index (Phi) is 3.60. The third-order valence-corrected chi connectivity index (χ3v) is 4.70. The highest BCUT2D eigenvalue weighted by molar-refractivity contribution is 7.07. The van der Waals surface area contributed by atoms with Crippen molar-refractivity contribution < 1.29 is 0 Å². The van der Waals surface area contributed by atoms with Gasteiger partial charge in [-0.15, -0.1) is 11.3 Å². The average molecular weight is 330 g/mol. The van der Waals surface area contributed by atoms with E-state index in [9.17, 15) is 5.26 Å². The Morgan fingerprint density at radius 2 is 2.04 bits per heavy atom. The largest absolute Gasteiger partial charge is 0.336 e. The van der Waals surface area contributed by atoms with Crippen LogP contribution >= 0.6 is 11.3 Å². The fourth-order valence-electron chi connectivity index (χ4n) is 2.87. The van der Waals surface area contributed by atoms with Gasteiger partial charge in [-0.3, -0.25) is 0 Å². The highest BCUT2D eigenvalue weighted by Gasteiger charge is 2.10. The maximum atomic E-state index is 9.23. The number of thiazole rings is 1. The molecule has 3 aromatic heterocycles. The van der Waals surface area contributed by atoms with Gasteiger partial charge in [0.25, 0.3) is 0 Å². The van der Waals surface area contributed by atoms with Crippen molar-refractivity contribution in [3.05, 3.63) is 70.3 Å². The summed E-state index contributed by atoms with van der Waals surface area (Å²) >= 11 is 1.60. The van der Waals surface area contributed by atoms with Gasteiger partial charge < -0.3 is 4.57 Å². The molecule has 0 aliphatic heterocycles. The number of nitriles is 1. The summed E-state index contributed by atoms with van der Waals surface area (Å²) in [6, 6.07) is 14.5. The second-order valence-corrected chi connectivity index (χ2v) is 6.41. The van der Waals surface area contributed by atoms with Gasteiger partial charge in [0.05, 0.1) is 11.2 Å². The summed E-state index contributed by atoms with van der Waals surface area (Å²) in [6.07, 6.45) is 2.75. The molecule has 0 atom stereocenters. The zero-order valence-electron chi connectivity index (χ0n) is 13.1. The third kappa shape index (κ3) is 2.57. The predicted molar refractivity (Wildman–Crippen MR) is 95.8 cm³/mol. The molecule has 24 heavy (non-hydrogen) atoms. The van der Waals surface area contributed by atoms with Gasteiger partial charge in [-0.05, 0) is 29.7 Å². The minimum atomic E-state index is 0.457. The molecule has 0 aliphatic rings. The number of hydrogen-bond acceptors (Lipinski definition) is 4. The van der Waals surface area contributed by atoms with Crippen molar-refractivity contribution in [2.45, 2.75) is 6.42 Å². The first-order chi connectivity index (χ1) is 11.7. The lowest BCUT2D eigenvalue weighted by Gasteiger charge is -2.06. The third-order valence-electron chi connectivity index (χ3n) is 4.11. The maximum absolute atomic E-state index is 9.23. The van der Waals surface area contributed by atoms with Crippen LogP contribution in [-0.2, 0) is 13.5 Å². The summed E-state index contributed by atoms with van der Waals surface area (Å²) in [7, 11) is 1.95. The van der Waals surface area contributed by atoms with Crippen LogP contribution in [0.2, 0.25) is 0 Å². The summed E-state index contributed by atoms with van der Waals surface area (Å²) in [5, 5.41) is 12.4. The molecule has 4 nitrogen and oxygen atoms in total. The van der Waals surface area contributed by atoms with Crippen LogP contribution in [0.15, 0.2) is 53.5 Å². The van der Waals surface area contributed by atoms with Crippen molar-refractivity contribution in [1.29, 1.82) is 5.26 Å². The Bertz CT molecular complexity index is 1040. The molecule has 3 heterocycles. The molecule has 0 saturated heterocycles. The highest BCUT2D eigenvalue weighted by Crippen LogP contribution is 2.24. The van der Waals surface area contributed by atoms with Gasteiger partial charge in [0.1, 0.15) is 17.4 Å². The summed E-state index contributed by atoms with van der Waals surface area (Å²) in [5.74, 6) is 0. The molecule has 4 rings (SSSR count). The standard InChI is InChI=1S/C19H14N4S/c1-23-7-6-17-15(9-16(10-20)22-19(17)23)8-13-2-4-14(5-3-13)18-11-24-12-21-18/h2-7,9,11-12H,8H2,1H3.